The highest BCUT2D eigenvalue weighted by atomic mass is 16.7. The van der Waals surface area contributed by atoms with Crippen molar-refractivity contribution in [3.8, 4) is 0 Å². The van der Waals surface area contributed by atoms with Gasteiger partial charge in [-0.3, -0.25) is 4.79 Å². The second kappa shape index (κ2) is 44.3. The van der Waals surface area contributed by atoms with Gasteiger partial charge in [0.2, 0.25) is 0 Å². The molecule has 0 bridgehead atoms. The lowest BCUT2D eigenvalue weighted by molar-refractivity contribution is -0.305. The van der Waals surface area contributed by atoms with E-state index >= 15 is 0 Å². The highest BCUT2D eigenvalue weighted by Gasteiger charge is 2.44. The number of carbonyl (C=O) groups is 1. The molecule has 4 N–H and O–H groups in total. The quantitative estimate of drug-likeness (QED) is 0.0269. The first-order chi connectivity index (χ1) is 30.9. The monoisotopic (exact) mass is 883 g/mol. The third-order valence-electron chi connectivity index (χ3n) is 10.7. The molecule has 1 fully saturated rings. The van der Waals surface area contributed by atoms with Crippen LogP contribution >= 0.6 is 0 Å². The Labute approximate surface area is 383 Å². The summed E-state index contributed by atoms with van der Waals surface area (Å²) < 4.78 is 22.8. The SMILES string of the molecule is CC/C=C\C/C=C\C/C=C\C/C=C\C/C=C\C/C=C\CCCCCCCCC(=O)OC(COCCCCCCCC/C=C\C/C=C\CCCC)COC1OC(CO)C(O)C(O)C1O. The summed E-state index contributed by atoms with van der Waals surface area (Å²) in [7, 11) is 0. The number of rotatable bonds is 41. The highest BCUT2D eigenvalue weighted by Crippen LogP contribution is 2.22. The lowest BCUT2D eigenvalue weighted by Crippen LogP contribution is -2.59. The van der Waals surface area contributed by atoms with Crippen LogP contribution in [0.1, 0.15) is 174 Å². The summed E-state index contributed by atoms with van der Waals surface area (Å²) in [5.41, 5.74) is 0. The maximum atomic E-state index is 12.8. The molecule has 6 atom stereocenters. The van der Waals surface area contributed by atoms with Crippen molar-refractivity contribution >= 4 is 5.97 Å². The predicted octanol–water partition coefficient (Wildman–Crippen LogP) is 12.0. The minimum atomic E-state index is -1.55. The van der Waals surface area contributed by atoms with Crippen molar-refractivity contribution in [2.45, 2.75) is 211 Å². The van der Waals surface area contributed by atoms with Crippen LogP contribution in [0, 0.1) is 0 Å². The maximum absolute atomic E-state index is 12.8. The van der Waals surface area contributed by atoms with Crippen molar-refractivity contribution < 1.29 is 44.2 Å². The summed E-state index contributed by atoms with van der Waals surface area (Å²) in [5.74, 6) is -0.336. The molecule has 360 valence electrons. The fourth-order valence-corrected chi connectivity index (χ4v) is 6.86. The molecule has 0 amide bonds. The number of allylic oxidation sites excluding steroid dienone is 16. The van der Waals surface area contributed by atoms with E-state index in [0.717, 1.165) is 109 Å². The summed E-state index contributed by atoms with van der Waals surface area (Å²) >= 11 is 0. The van der Waals surface area contributed by atoms with Gasteiger partial charge in [0.25, 0.3) is 0 Å². The van der Waals surface area contributed by atoms with E-state index in [1.54, 1.807) is 0 Å². The van der Waals surface area contributed by atoms with E-state index in [1.807, 2.05) is 0 Å². The molecule has 63 heavy (non-hydrogen) atoms. The fourth-order valence-electron chi connectivity index (χ4n) is 6.86. The fraction of sp³-hybridized carbons (Fsp3) is 0.685. The third-order valence-corrected chi connectivity index (χ3v) is 10.7. The molecule has 1 rings (SSSR count). The number of hydrogen-bond acceptors (Lipinski definition) is 9. The van der Waals surface area contributed by atoms with Crippen LogP contribution in [0.2, 0.25) is 0 Å². The van der Waals surface area contributed by atoms with Gasteiger partial charge in [-0.1, -0.05) is 175 Å². The van der Waals surface area contributed by atoms with Gasteiger partial charge in [0.05, 0.1) is 19.8 Å². The third kappa shape index (κ3) is 35.1. The molecule has 0 spiro atoms. The standard InChI is InChI=1S/C54H90O9/c1-3-5-7-9-11-13-15-17-19-20-21-22-23-24-25-26-27-28-29-31-33-35-37-39-41-43-50(56)62-48(47-61-54-53(59)52(58)51(57)49(45-55)63-54)46-60-44-42-40-38-36-34-32-30-18-16-14-12-10-8-6-4-2/h5,7,10-13,16-19,21-22,24-25,27-28,48-49,51-55,57-59H,3-4,6,8-9,14-15,20,23,26,29-47H2,1-2H3/b7-5-,12-10-,13-11-,18-16-,19-17-,22-21-,25-24-,28-27-. The van der Waals surface area contributed by atoms with Crippen LogP contribution in [0.5, 0.6) is 0 Å². The Bertz CT molecular complexity index is 1280. The normalized spacial score (nSPS) is 20.5. The second-order valence-electron chi connectivity index (χ2n) is 16.5. The first kappa shape index (κ1) is 58.1. The number of ether oxygens (including phenoxy) is 4. The molecule has 0 aromatic heterocycles. The van der Waals surface area contributed by atoms with Crippen molar-refractivity contribution in [2.75, 3.05) is 26.4 Å². The van der Waals surface area contributed by atoms with Crippen molar-refractivity contribution in [2.24, 2.45) is 0 Å². The Balaban J connectivity index is 2.24. The van der Waals surface area contributed by atoms with Crippen LogP contribution < -0.4 is 0 Å². The summed E-state index contributed by atoms with van der Waals surface area (Å²) in [5, 5.41) is 40.2. The number of aliphatic hydroxyl groups is 4. The van der Waals surface area contributed by atoms with Gasteiger partial charge >= 0.3 is 5.97 Å². The Morgan fingerprint density at radius 1 is 0.524 bits per heavy atom. The average molecular weight is 883 g/mol. The minimum absolute atomic E-state index is 0.125. The summed E-state index contributed by atoms with van der Waals surface area (Å²) in [6.07, 6.45) is 54.3. The van der Waals surface area contributed by atoms with Crippen LogP contribution in [0.3, 0.4) is 0 Å². The molecule has 6 unspecified atom stereocenters. The lowest BCUT2D eigenvalue weighted by Gasteiger charge is -2.39. The number of hydrogen-bond donors (Lipinski definition) is 4. The zero-order valence-corrected chi connectivity index (χ0v) is 39.5. The van der Waals surface area contributed by atoms with Crippen LogP contribution in [-0.4, -0.2) is 89.6 Å². The molecular weight excluding hydrogens is 793 g/mol. The highest BCUT2D eigenvalue weighted by molar-refractivity contribution is 5.69. The molecule has 0 saturated carbocycles. The minimum Gasteiger partial charge on any atom is -0.457 e. The van der Waals surface area contributed by atoms with Gasteiger partial charge < -0.3 is 39.4 Å². The molecule has 0 radical (unpaired) electrons. The Morgan fingerprint density at radius 3 is 1.46 bits per heavy atom. The molecular formula is C54H90O9. The number of aliphatic hydroxyl groups excluding tert-OH is 4. The maximum Gasteiger partial charge on any atom is 0.306 e. The van der Waals surface area contributed by atoms with E-state index < -0.39 is 43.4 Å². The van der Waals surface area contributed by atoms with Crippen LogP contribution in [0.15, 0.2) is 97.2 Å². The topological polar surface area (TPSA) is 135 Å². The second-order valence-corrected chi connectivity index (χ2v) is 16.5. The lowest BCUT2D eigenvalue weighted by atomic mass is 9.99. The van der Waals surface area contributed by atoms with Gasteiger partial charge in [-0.05, 0) is 89.9 Å². The molecule has 1 saturated heterocycles. The van der Waals surface area contributed by atoms with Gasteiger partial charge in [0.15, 0.2) is 6.29 Å². The van der Waals surface area contributed by atoms with Gasteiger partial charge in [0, 0.05) is 13.0 Å². The average Bonchev–Trinajstić information content (AvgIpc) is 3.28. The molecule has 0 aromatic carbocycles. The van der Waals surface area contributed by atoms with Crippen LogP contribution in [-0.2, 0) is 23.7 Å². The van der Waals surface area contributed by atoms with Crippen LogP contribution in [0.4, 0.5) is 0 Å². The van der Waals surface area contributed by atoms with Gasteiger partial charge in [-0.2, -0.15) is 0 Å². The summed E-state index contributed by atoms with van der Waals surface area (Å²) in [6, 6.07) is 0. The zero-order valence-electron chi connectivity index (χ0n) is 39.5. The predicted molar refractivity (Wildman–Crippen MR) is 260 cm³/mol. The molecule has 1 aliphatic rings. The molecule has 0 aromatic rings. The smallest absolute Gasteiger partial charge is 0.306 e. The number of esters is 1. The van der Waals surface area contributed by atoms with Gasteiger partial charge in [-0.25, -0.2) is 0 Å². The Hall–Kier alpha value is -2.89. The van der Waals surface area contributed by atoms with Crippen molar-refractivity contribution in [3.63, 3.8) is 0 Å². The van der Waals surface area contributed by atoms with Crippen molar-refractivity contribution in [1.82, 2.24) is 0 Å². The van der Waals surface area contributed by atoms with Gasteiger partial charge in [0.1, 0.15) is 30.5 Å². The largest absolute Gasteiger partial charge is 0.457 e. The van der Waals surface area contributed by atoms with E-state index in [-0.39, 0.29) is 19.2 Å². The summed E-state index contributed by atoms with van der Waals surface area (Å²) in [4.78, 5) is 12.8. The van der Waals surface area contributed by atoms with Crippen molar-refractivity contribution in [3.05, 3.63) is 97.2 Å². The molecule has 0 aliphatic carbocycles. The Morgan fingerprint density at radius 2 is 0.968 bits per heavy atom. The first-order valence-corrected chi connectivity index (χ1v) is 24.8. The molecule has 1 heterocycles. The van der Waals surface area contributed by atoms with Crippen molar-refractivity contribution in [1.29, 1.82) is 0 Å². The molecule has 9 heteroatoms. The van der Waals surface area contributed by atoms with E-state index in [1.165, 1.54) is 44.9 Å². The number of carbonyl (C=O) groups excluding carboxylic acids is 1. The van der Waals surface area contributed by atoms with Gasteiger partial charge in [-0.15, -0.1) is 0 Å². The first-order valence-electron chi connectivity index (χ1n) is 24.8. The Kier molecular flexibility index (Phi) is 40.9. The van der Waals surface area contributed by atoms with Crippen LogP contribution in [0.25, 0.3) is 0 Å². The molecule has 1 aliphatic heterocycles. The van der Waals surface area contributed by atoms with E-state index in [2.05, 4.69) is 111 Å². The molecule has 9 nitrogen and oxygen atoms in total. The van der Waals surface area contributed by atoms with E-state index in [4.69, 9.17) is 18.9 Å². The zero-order chi connectivity index (χ0) is 45.7. The van der Waals surface area contributed by atoms with E-state index in [9.17, 15) is 25.2 Å². The number of unbranched alkanes of at least 4 members (excludes halogenated alkanes) is 14. The summed E-state index contributed by atoms with van der Waals surface area (Å²) in [6.45, 7) is 4.35. The van der Waals surface area contributed by atoms with E-state index in [0.29, 0.717) is 13.0 Å².